The van der Waals surface area contributed by atoms with E-state index in [4.69, 9.17) is 5.11 Å². The van der Waals surface area contributed by atoms with E-state index in [-0.39, 0.29) is 6.10 Å². The Morgan fingerprint density at radius 2 is 1.92 bits per heavy atom. The van der Waals surface area contributed by atoms with Crippen molar-refractivity contribution in [1.82, 2.24) is 5.32 Å². The van der Waals surface area contributed by atoms with E-state index in [0.29, 0.717) is 12.6 Å². The Balaban J connectivity index is 3.15. The van der Waals surface area contributed by atoms with Crippen LogP contribution in [0.4, 0.5) is 0 Å². The predicted octanol–water partition coefficient (Wildman–Crippen LogP) is 1.93. The molecule has 0 saturated heterocycles. The van der Waals surface area contributed by atoms with Crippen molar-refractivity contribution in [2.24, 2.45) is 0 Å². The third-order valence-electron chi connectivity index (χ3n) is 2.00. The molecule has 0 aliphatic carbocycles. The summed E-state index contributed by atoms with van der Waals surface area (Å²) in [6.07, 6.45) is 4.90. The minimum absolute atomic E-state index is 0.223. The number of nitrogens with one attached hydrogen (secondary N) is 1. The Morgan fingerprint density at radius 3 is 2.42 bits per heavy atom. The average molecular weight is 173 g/mol. The van der Waals surface area contributed by atoms with Crippen molar-refractivity contribution in [3.05, 3.63) is 0 Å². The van der Waals surface area contributed by atoms with Gasteiger partial charge in [-0.2, -0.15) is 0 Å². The smallest absolute Gasteiger partial charge is 0.0636 e. The molecule has 0 aromatic carbocycles. The molecule has 0 heterocycles. The highest BCUT2D eigenvalue weighted by atomic mass is 16.3. The number of aliphatic hydroxyl groups excluding tert-OH is 1. The monoisotopic (exact) mass is 173 g/mol. The lowest BCUT2D eigenvalue weighted by atomic mass is 10.1. The van der Waals surface area contributed by atoms with Gasteiger partial charge in [0, 0.05) is 12.6 Å². The van der Waals surface area contributed by atoms with Crippen molar-refractivity contribution in [3.63, 3.8) is 0 Å². The number of hydrogen-bond donors (Lipinski definition) is 2. The van der Waals surface area contributed by atoms with Crippen LogP contribution in [0.5, 0.6) is 0 Å². The third kappa shape index (κ3) is 8.02. The molecule has 0 radical (unpaired) electrons. The quantitative estimate of drug-likeness (QED) is 0.577. The molecule has 2 heteroatoms. The highest BCUT2D eigenvalue weighted by Gasteiger charge is 2.01. The van der Waals surface area contributed by atoms with Crippen LogP contribution in [-0.2, 0) is 0 Å². The van der Waals surface area contributed by atoms with E-state index < -0.39 is 0 Å². The molecule has 0 aliphatic rings. The lowest BCUT2D eigenvalue weighted by Gasteiger charge is -2.14. The van der Waals surface area contributed by atoms with E-state index in [1.165, 1.54) is 25.7 Å². The zero-order valence-corrected chi connectivity index (χ0v) is 8.64. The average Bonchev–Trinajstić information content (AvgIpc) is 2.01. The molecule has 0 unspecified atom stereocenters. The second kappa shape index (κ2) is 7.56. The maximum Gasteiger partial charge on any atom is 0.0636 e. The van der Waals surface area contributed by atoms with Crippen LogP contribution in [0.3, 0.4) is 0 Å². The summed E-state index contributed by atoms with van der Waals surface area (Å²) < 4.78 is 0. The number of rotatable bonds is 7. The molecule has 2 N–H and O–H groups in total. The van der Waals surface area contributed by atoms with Crippen molar-refractivity contribution < 1.29 is 5.11 Å². The van der Waals surface area contributed by atoms with E-state index in [1.807, 2.05) is 6.92 Å². The third-order valence-corrected chi connectivity index (χ3v) is 2.00. The van der Waals surface area contributed by atoms with Gasteiger partial charge >= 0.3 is 0 Å². The van der Waals surface area contributed by atoms with Crippen LogP contribution in [0.15, 0.2) is 0 Å². The van der Waals surface area contributed by atoms with Crippen LogP contribution in [0.2, 0.25) is 0 Å². The van der Waals surface area contributed by atoms with E-state index in [1.54, 1.807) is 0 Å². The minimum atomic E-state index is -0.223. The van der Waals surface area contributed by atoms with Crippen LogP contribution in [0.1, 0.15) is 46.5 Å². The maximum absolute atomic E-state index is 9.01. The number of unbranched alkanes of at least 4 members (excludes halogenated alkanes) is 2. The first-order valence-corrected chi connectivity index (χ1v) is 5.08. The molecule has 0 aliphatic heterocycles. The topological polar surface area (TPSA) is 32.3 Å². The van der Waals surface area contributed by atoms with Crippen LogP contribution >= 0.6 is 0 Å². The van der Waals surface area contributed by atoms with Crippen molar-refractivity contribution in [3.8, 4) is 0 Å². The second-order valence-corrected chi connectivity index (χ2v) is 3.65. The first kappa shape index (κ1) is 11.9. The van der Waals surface area contributed by atoms with Crippen molar-refractivity contribution >= 4 is 0 Å². The minimum Gasteiger partial charge on any atom is -0.392 e. The van der Waals surface area contributed by atoms with E-state index in [9.17, 15) is 0 Å². The van der Waals surface area contributed by atoms with Gasteiger partial charge in [-0.1, -0.05) is 26.2 Å². The highest BCUT2D eigenvalue weighted by molar-refractivity contribution is 4.62. The Bertz CT molecular complexity index is 93.8. The molecule has 0 aromatic heterocycles. The van der Waals surface area contributed by atoms with Gasteiger partial charge in [0.05, 0.1) is 6.10 Å². The van der Waals surface area contributed by atoms with Gasteiger partial charge < -0.3 is 10.4 Å². The fraction of sp³-hybridized carbons (Fsp3) is 1.00. The Labute approximate surface area is 76.4 Å². The van der Waals surface area contributed by atoms with Gasteiger partial charge in [0.25, 0.3) is 0 Å². The van der Waals surface area contributed by atoms with Crippen molar-refractivity contribution in [2.45, 2.75) is 58.6 Å². The fourth-order valence-electron chi connectivity index (χ4n) is 1.17. The highest BCUT2D eigenvalue weighted by Crippen LogP contribution is 2.02. The molecular formula is C10H23NO. The van der Waals surface area contributed by atoms with Gasteiger partial charge in [-0.25, -0.2) is 0 Å². The van der Waals surface area contributed by atoms with Crippen LogP contribution < -0.4 is 5.32 Å². The Kier molecular flexibility index (Phi) is 7.51. The summed E-state index contributed by atoms with van der Waals surface area (Å²) in [4.78, 5) is 0. The molecule has 0 amide bonds. The molecule has 2 nitrogen and oxygen atoms in total. The zero-order chi connectivity index (χ0) is 9.40. The van der Waals surface area contributed by atoms with Crippen LogP contribution in [0.25, 0.3) is 0 Å². The number of hydrogen-bond acceptors (Lipinski definition) is 2. The largest absolute Gasteiger partial charge is 0.392 e. The van der Waals surface area contributed by atoms with Crippen molar-refractivity contribution in [2.75, 3.05) is 6.54 Å². The Morgan fingerprint density at radius 1 is 1.25 bits per heavy atom. The summed E-state index contributed by atoms with van der Waals surface area (Å²) >= 11 is 0. The summed E-state index contributed by atoms with van der Waals surface area (Å²) in [5, 5.41) is 12.3. The Hall–Kier alpha value is -0.0800. The summed E-state index contributed by atoms with van der Waals surface area (Å²) in [5.41, 5.74) is 0. The predicted molar refractivity (Wildman–Crippen MR) is 53.3 cm³/mol. The molecule has 0 bridgehead atoms. The van der Waals surface area contributed by atoms with E-state index in [2.05, 4.69) is 19.2 Å². The maximum atomic E-state index is 9.01. The molecule has 0 fully saturated rings. The van der Waals surface area contributed by atoms with E-state index >= 15 is 0 Å². The van der Waals surface area contributed by atoms with Gasteiger partial charge in [0.2, 0.25) is 0 Å². The molecule has 0 aromatic rings. The SMILES string of the molecule is CCCCC[C@H](C)NC[C@H](C)O. The summed E-state index contributed by atoms with van der Waals surface area (Å²) in [6.45, 7) is 6.92. The molecule has 2 atom stereocenters. The van der Waals surface area contributed by atoms with Crippen LogP contribution in [-0.4, -0.2) is 23.8 Å². The fourth-order valence-corrected chi connectivity index (χ4v) is 1.17. The van der Waals surface area contributed by atoms with Crippen molar-refractivity contribution in [1.29, 1.82) is 0 Å². The summed E-state index contributed by atoms with van der Waals surface area (Å²) in [6, 6.07) is 0.547. The van der Waals surface area contributed by atoms with Gasteiger partial charge in [0.15, 0.2) is 0 Å². The first-order chi connectivity index (χ1) is 5.66. The zero-order valence-electron chi connectivity index (χ0n) is 8.64. The van der Waals surface area contributed by atoms with Gasteiger partial charge in [-0.05, 0) is 20.3 Å². The van der Waals surface area contributed by atoms with Gasteiger partial charge in [-0.3, -0.25) is 0 Å². The van der Waals surface area contributed by atoms with Crippen LogP contribution in [0, 0.1) is 0 Å². The molecule has 74 valence electrons. The summed E-state index contributed by atoms with van der Waals surface area (Å²) in [7, 11) is 0. The van der Waals surface area contributed by atoms with E-state index in [0.717, 1.165) is 0 Å². The normalized spacial score (nSPS) is 16.0. The standard InChI is InChI=1S/C10H23NO/c1-4-5-6-7-9(2)11-8-10(3)12/h9-12H,4-8H2,1-3H3/t9-,10-/m0/s1. The molecule has 0 spiro atoms. The second-order valence-electron chi connectivity index (χ2n) is 3.65. The first-order valence-electron chi connectivity index (χ1n) is 5.08. The molecular weight excluding hydrogens is 150 g/mol. The van der Waals surface area contributed by atoms with Gasteiger partial charge in [0.1, 0.15) is 0 Å². The number of aliphatic hydroxyl groups is 1. The molecule has 12 heavy (non-hydrogen) atoms. The lowest BCUT2D eigenvalue weighted by molar-refractivity contribution is 0.186. The molecule has 0 saturated carbocycles. The summed E-state index contributed by atoms with van der Waals surface area (Å²) in [5.74, 6) is 0. The molecule has 0 rings (SSSR count). The van der Waals surface area contributed by atoms with Gasteiger partial charge in [-0.15, -0.1) is 0 Å². The lowest BCUT2D eigenvalue weighted by Crippen LogP contribution is -2.32.